The second-order valence-corrected chi connectivity index (χ2v) is 4.39. The van der Waals surface area contributed by atoms with Crippen molar-refractivity contribution in [2.75, 3.05) is 11.1 Å². The van der Waals surface area contributed by atoms with Gasteiger partial charge in [0.05, 0.1) is 22.6 Å². The Kier molecular flexibility index (Phi) is 3.93. The average Bonchev–Trinajstić information content (AvgIpc) is 2.42. The van der Waals surface area contributed by atoms with Gasteiger partial charge < -0.3 is 11.1 Å². The minimum Gasteiger partial charge on any atom is -0.399 e. The number of nitrogens with two attached hydrogens (primary N) is 1. The standard InChI is InChI=1S/C14H15FN4O/c1-3-12-10(6-8(2)18-19-12)14(20)17-13-7-9(16)4-5-11(13)15/h4-7H,3,16H2,1-2H3,(H,17,20). The number of benzene rings is 1. The molecule has 6 heteroatoms. The van der Waals surface area contributed by atoms with Gasteiger partial charge in [0.2, 0.25) is 0 Å². The van der Waals surface area contributed by atoms with Crippen LogP contribution >= 0.6 is 0 Å². The summed E-state index contributed by atoms with van der Waals surface area (Å²) in [5, 5.41) is 10.4. The minimum absolute atomic E-state index is 0.0477. The fourth-order valence-electron chi connectivity index (χ4n) is 1.80. The van der Waals surface area contributed by atoms with Crippen molar-refractivity contribution in [2.45, 2.75) is 20.3 Å². The summed E-state index contributed by atoms with van der Waals surface area (Å²) in [5.74, 6) is -0.964. The first-order valence-corrected chi connectivity index (χ1v) is 6.21. The van der Waals surface area contributed by atoms with Gasteiger partial charge in [0.25, 0.3) is 5.91 Å². The minimum atomic E-state index is -0.538. The van der Waals surface area contributed by atoms with Crippen LogP contribution in [0.5, 0.6) is 0 Å². The number of halogens is 1. The zero-order valence-electron chi connectivity index (χ0n) is 11.3. The Morgan fingerprint density at radius 1 is 1.35 bits per heavy atom. The lowest BCUT2D eigenvalue weighted by Gasteiger charge is -2.09. The van der Waals surface area contributed by atoms with Gasteiger partial charge >= 0.3 is 0 Å². The van der Waals surface area contributed by atoms with Crippen LogP contribution in [0.3, 0.4) is 0 Å². The molecule has 0 aliphatic heterocycles. The maximum atomic E-state index is 13.6. The van der Waals surface area contributed by atoms with Crippen molar-refractivity contribution in [3.63, 3.8) is 0 Å². The van der Waals surface area contributed by atoms with E-state index in [1.165, 1.54) is 18.2 Å². The molecule has 1 amide bonds. The maximum Gasteiger partial charge on any atom is 0.257 e. The van der Waals surface area contributed by atoms with Crippen LogP contribution in [0.4, 0.5) is 15.8 Å². The van der Waals surface area contributed by atoms with E-state index in [1.54, 1.807) is 13.0 Å². The van der Waals surface area contributed by atoms with E-state index in [-0.39, 0.29) is 5.69 Å². The first kappa shape index (κ1) is 13.9. The molecule has 0 saturated heterocycles. The highest BCUT2D eigenvalue weighted by Gasteiger charge is 2.15. The van der Waals surface area contributed by atoms with Crippen LogP contribution in [0.2, 0.25) is 0 Å². The van der Waals surface area contributed by atoms with Crippen molar-refractivity contribution >= 4 is 17.3 Å². The summed E-state index contributed by atoms with van der Waals surface area (Å²) in [5.41, 5.74) is 7.59. The van der Waals surface area contributed by atoms with E-state index in [0.717, 1.165) is 0 Å². The Hall–Kier alpha value is -2.50. The second kappa shape index (κ2) is 5.64. The fraction of sp³-hybridized carbons (Fsp3) is 0.214. The summed E-state index contributed by atoms with van der Waals surface area (Å²) in [7, 11) is 0. The molecule has 2 aromatic rings. The van der Waals surface area contributed by atoms with Crippen molar-refractivity contribution < 1.29 is 9.18 Å². The number of nitrogens with one attached hydrogen (secondary N) is 1. The van der Waals surface area contributed by atoms with E-state index in [0.29, 0.717) is 29.1 Å². The molecule has 0 radical (unpaired) electrons. The Morgan fingerprint density at radius 3 is 2.80 bits per heavy atom. The second-order valence-electron chi connectivity index (χ2n) is 4.39. The van der Waals surface area contributed by atoms with Gasteiger partial charge in [-0.05, 0) is 37.6 Å². The van der Waals surface area contributed by atoms with Crippen molar-refractivity contribution in [1.29, 1.82) is 0 Å². The van der Waals surface area contributed by atoms with Crippen LogP contribution in [-0.2, 0) is 6.42 Å². The lowest BCUT2D eigenvalue weighted by atomic mass is 10.1. The maximum absolute atomic E-state index is 13.6. The smallest absolute Gasteiger partial charge is 0.257 e. The highest BCUT2D eigenvalue weighted by molar-refractivity contribution is 6.05. The Labute approximate surface area is 116 Å². The lowest BCUT2D eigenvalue weighted by Crippen LogP contribution is -2.17. The van der Waals surface area contributed by atoms with Crippen LogP contribution in [-0.4, -0.2) is 16.1 Å². The molecule has 1 aromatic heterocycles. The summed E-state index contributed by atoms with van der Waals surface area (Å²) >= 11 is 0. The van der Waals surface area contributed by atoms with Crippen LogP contribution in [0.1, 0.15) is 28.7 Å². The molecule has 104 valence electrons. The summed E-state index contributed by atoms with van der Waals surface area (Å²) < 4.78 is 13.6. The number of hydrogen-bond donors (Lipinski definition) is 2. The Bertz CT molecular complexity index is 658. The first-order chi connectivity index (χ1) is 9.51. The van der Waals surface area contributed by atoms with Gasteiger partial charge in [-0.15, -0.1) is 0 Å². The monoisotopic (exact) mass is 274 g/mol. The molecule has 0 aliphatic rings. The van der Waals surface area contributed by atoms with Crippen LogP contribution in [0.25, 0.3) is 0 Å². The molecule has 20 heavy (non-hydrogen) atoms. The molecule has 5 nitrogen and oxygen atoms in total. The molecular formula is C14H15FN4O. The third-order valence-corrected chi connectivity index (χ3v) is 2.81. The quantitative estimate of drug-likeness (QED) is 0.842. The summed E-state index contributed by atoms with van der Waals surface area (Å²) in [6.07, 6.45) is 0.565. The number of nitrogen functional groups attached to an aromatic ring is 1. The van der Waals surface area contributed by atoms with E-state index in [4.69, 9.17) is 5.73 Å². The number of hydrogen-bond acceptors (Lipinski definition) is 4. The molecule has 0 aliphatic carbocycles. The number of aryl methyl sites for hydroxylation is 2. The highest BCUT2D eigenvalue weighted by atomic mass is 19.1. The average molecular weight is 274 g/mol. The predicted octanol–water partition coefficient (Wildman–Crippen LogP) is 2.32. The van der Waals surface area contributed by atoms with Gasteiger partial charge in [-0.2, -0.15) is 10.2 Å². The summed E-state index contributed by atoms with van der Waals surface area (Å²) in [6.45, 7) is 3.61. The van der Waals surface area contributed by atoms with E-state index in [1.807, 2.05) is 6.92 Å². The zero-order valence-corrected chi connectivity index (χ0v) is 11.3. The van der Waals surface area contributed by atoms with Gasteiger partial charge in [-0.3, -0.25) is 4.79 Å². The molecule has 2 rings (SSSR count). The topological polar surface area (TPSA) is 80.9 Å². The molecule has 0 spiro atoms. The predicted molar refractivity (Wildman–Crippen MR) is 74.9 cm³/mol. The Morgan fingerprint density at radius 2 is 2.10 bits per heavy atom. The third-order valence-electron chi connectivity index (χ3n) is 2.81. The number of aromatic nitrogens is 2. The molecule has 1 heterocycles. The molecule has 1 aromatic carbocycles. The van der Waals surface area contributed by atoms with Crippen molar-refractivity contribution in [2.24, 2.45) is 0 Å². The van der Waals surface area contributed by atoms with Gasteiger partial charge in [-0.1, -0.05) is 6.92 Å². The number of anilines is 2. The van der Waals surface area contributed by atoms with Crippen molar-refractivity contribution in [3.8, 4) is 0 Å². The van der Waals surface area contributed by atoms with Gasteiger partial charge in [-0.25, -0.2) is 4.39 Å². The number of nitrogens with zero attached hydrogens (tertiary/aromatic N) is 2. The molecular weight excluding hydrogens is 259 g/mol. The largest absolute Gasteiger partial charge is 0.399 e. The Balaban J connectivity index is 2.32. The van der Waals surface area contributed by atoms with Gasteiger partial charge in [0, 0.05) is 5.69 Å². The van der Waals surface area contributed by atoms with Gasteiger partial charge in [0.1, 0.15) is 5.82 Å². The summed E-state index contributed by atoms with van der Waals surface area (Å²) in [4.78, 5) is 12.2. The SMILES string of the molecule is CCc1nnc(C)cc1C(=O)Nc1cc(N)ccc1F. The summed E-state index contributed by atoms with van der Waals surface area (Å²) in [6, 6.07) is 5.65. The third kappa shape index (κ3) is 2.90. The van der Waals surface area contributed by atoms with E-state index in [2.05, 4.69) is 15.5 Å². The first-order valence-electron chi connectivity index (χ1n) is 6.21. The number of amides is 1. The normalized spacial score (nSPS) is 10.3. The highest BCUT2D eigenvalue weighted by Crippen LogP contribution is 2.19. The molecule has 0 fully saturated rings. The van der Waals surface area contributed by atoms with Gasteiger partial charge in [0.15, 0.2) is 0 Å². The van der Waals surface area contributed by atoms with Crippen LogP contribution in [0, 0.1) is 12.7 Å². The molecule has 3 N–H and O–H groups in total. The lowest BCUT2D eigenvalue weighted by molar-refractivity contribution is 0.102. The number of carbonyl (C=O) groups is 1. The van der Waals surface area contributed by atoms with Crippen LogP contribution in [0.15, 0.2) is 24.3 Å². The molecule has 0 bridgehead atoms. The molecule has 0 atom stereocenters. The fourth-order valence-corrected chi connectivity index (χ4v) is 1.80. The van der Waals surface area contributed by atoms with Crippen molar-refractivity contribution in [3.05, 3.63) is 47.0 Å². The van der Waals surface area contributed by atoms with E-state index < -0.39 is 11.7 Å². The number of carbonyl (C=O) groups excluding carboxylic acids is 1. The van der Waals surface area contributed by atoms with E-state index in [9.17, 15) is 9.18 Å². The van der Waals surface area contributed by atoms with Crippen LogP contribution < -0.4 is 11.1 Å². The molecule has 0 saturated carbocycles. The van der Waals surface area contributed by atoms with E-state index >= 15 is 0 Å². The number of rotatable bonds is 3. The zero-order chi connectivity index (χ0) is 14.7. The van der Waals surface area contributed by atoms with Crippen molar-refractivity contribution in [1.82, 2.24) is 10.2 Å². The molecule has 0 unspecified atom stereocenters.